The molecule has 0 saturated carbocycles. The molecule has 0 bridgehead atoms. The Bertz CT molecular complexity index is 974. The SMILES string of the molecule is CCCC(CC(=O)N[C@@H](CC(C)C)C(=O)O)NC(=O)OCC1c2ccccc2-c2ccccc21. The fraction of sp³-hybridized carbons (Fsp3) is 0.444. The molecule has 2 atom stereocenters. The van der Waals surface area contributed by atoms with Crippen molar-refractivity contribution in [1.29, 1.82) is 0 Å². The van der Waals surface area contributed by atoms with Crippen molar-refractivity contribution < 1.29 is 24.2 Å². The predicted molar refractivity (Wildman–Crippen MR) is 131 cm³/mol. The zero-order chi connectivity index (χ0) is 24.7. The first kappa shape index (κ1) is 25.3. The Morgan fingerprint density at radius 1 is 0.971 bits per heavy atom. The molecule has 2 aromatic rings. The molecule has 3 N–H and O–H groups in total. The molecule has 1 aliphatic carbocycles. The lowest BCUT2D eigenvalue weighted by Crippen LogP contribution is -2.45. The van der Waals surface area contributed by atoms with Gasteiger partial charge >= 0.3 is 12.1 Å². The molecule has 0 aromatic heterocycles. The minimum atomic E-state index is -1.06. The van der Waals surface area contributed by atoms with Crippen LogP contribution in [0.4, 0.5) is 4.79 Å². The number of aliphatic carboxylic acids is 1. The predicted octanol–water partition coefficient (Wildman–Crippen LogP) is 4.70. The number of alkyl carbamates (subject to hydrolysis) is 1. The van der Waals surface area contributed by atoms with Gasteiger partial charge in [0.1, 0.15) is 12.6 Å². The molecule has 3 rings (SSSR count). The monoisotopic (exact) mass is 466 g/mol. The van der Waals surface area contributed by atoms with Crippen molar-refractivity contribution in [1.82, 2.24) is 10.6 Å². The average Bonchev–Trinajstić information content (AvgIpc) is 3.11. The summed E-state index contributed by atoms with van der Waals surface area (Å²) in [7, 11) is 0. The summed E-state index contributed by atoms with van der Waals surface area (Å²) in [6.07, 6.45) is 1.11. The van der Waals surface area contributed by atoms with Crippen LogP contribution in [0.25, 0.3) is 11.1 Å². The second kappa shape index (κ2) is 11.7. The summed E-state index contributed by atoms with van der Waals surface area (Å²) < 4.78 is 5.59. The van der Waals surface area contributed by atoms with E-state index in [9.17, 15) is 19.5 Å². The summed E-state index contributed by atoms with van der Waals surface area (Å²) >= 11 is 0. The molecule has 34 heavy (non-hydrogen) atoms. The van der Waals surface area contributed by atoms with E-state index >= 15 is 0 Å². The van der Waals surface area contributed by atoms with Gasteiger partial charge in [-0.15, -0.1) is 0 Å². The number of carbonyl (C=O) groups is 3. The summed E-state index contributed by atoms with van der Waals surface area (Å²) in [4.78, 5) is 36.5. The van der Waals surface area contributed by atoms with Crippen molar-refractivity contribution in [2.75, 3.05) is 6.61 Å². The largest absolute Gasteiger partial charge is 0.480 e. The molecule has 2 aromatic carbocycles. The van der Waals surface area contributed by atoms with Crippen molar-refractivity contribution in [2.45, 2.75) is 64.5 Å². The van der Waals surface area contributed by atoms with E-state index in [4.69, 9.17) is 4.74 Å². The number of amides is 2. The van der Waals surface area contributed by atoms with Crippen LogP contribution < -0.4 is 10.6 Å². The van der Waals surface area contributed by atoms with Gasteiger partial charge in [0.25, 0.3) is 0 Å². The molecular weight excluding hydrogens is 432 g/mol. The van der Waals surface area contributed by atoms with Crippen molar-refractivity contribution in [3.63, 3.8) is 0 Å². The number of rotatable bonds is 11. The molecule has 0 radical (unpaired) electrons. The highest BCUT2D eigenvalue weighted by molar-refractivity contribution is 5.84. The Morgan fingerprint density at radius 2 is 1.56 bits per heavy atom. The van der Waals surface area contributed by atoms with Gasteiger partial charge in [-0.05, 0) is 41.0 Å². The van der Waals surface area contributed by atoms with E-state index < -0.39 is 30.1 Å². The van der Waals surface area contributed by atoms with Crippen LogP contribution in [0.1, 0.15) is 63.5 Å². The zero-order valence-corrected chi connectivity index (χ0v) is 20.0. The maximum Gasteiger partial charge on any atom is 0.407 e. The standard InChI is InChI=1S/C27H34N2O5/c1-4-9-18(15-25(30)29-24(26(31)32)14-17(2)3)28-27(33)34-16-23-21-12-7-5-10-19(21)20-11-6-8-13-22(20)23/h5-8,10-13,17-18,23-24H,4,9,14-16H2,1-3H3,(H,28,33)(H,29,30)(H,31,32)/t18?,24-/m0/s1. The Kier molecular flexibility index (Phi) is 8.68. The first-order valence-electron chi connectivity index (χ1n) is 11.9. The Balaban J connectivity index is 1.58. The first-order valence-corrected chi connectivity index (χ1v) is 11.9. The molecule has 7 nitrogen and oxygen atoms in total. The number of hydrogen-bond acceptors (Lipinski definition) is 4. The van der Waals surface area contributed by atoms with Gasteiger partial charge in [-0.1, -0.05) is 75.7 Å². The average molecular weight is 467 g/mol. The number of fused-ring (bicyclic) bond motifs is 3. The van der Waals surface area contributed by atoms with Crippen LogP contribution >= 0.6 is 0 Å². The molecule has 1 unspecified atom stereocenters. The minimum Gasteiger partial charge on any atom is -0.480 e. The number of carbonyl (C=O) groups excluding carboxylic acids is 2. The van der Waals surface area contributed by atoms with Gasteiger partial charge in [0, 0.05) is 18.4 Å². The van der Waals surface area contributed by atoms with Gasteiger partial charge in [0.15, 0.2) is 0 Å². The van der Waals surface area contributed by atoms with Gasteiger partial charge < -0.3 is 20.5 Å². The highest BCUT2D eigenvalue weighted by Crippen LogP contribution is 2.44. The van der Waals surface area contributed by atoms with Gasteiger partial charge in [0.05, 0.1) is 0 Å². The van der Waals surface area contributed by atoms with Crippen LogP contribution in [-0.2, 0) is 14.3 Å². The number of ether oxygens (including phenoxy) is 1. The van der Waals surface area contributed by atoms with Crippen LogP contribution in [0.5, 0.6) is 0 Å². The van der Waals surface area contributed by atoms with Gasteiger partial charge in [0.2, 0.25) is 5.91 Å². The van der Waals surface area contributed by atoms with E-state index in [0.29, 0.717) is 12.8 Å². The van der Waals surface area contributed by atoms with Crippen LogP contribution in [0, 0.1) is 5.92 Å². The number of carboxylic acids is 1. The minimum absolute atomic E-state index is 0.0000887. The van der Waals surface area contributed by atoms with E-state index in [1.807, 2.05) is 45.0 Å². The molecule has 1 aliphatic rings. The summed E-state index contributed by atoms with van der Waals surface area (Å²) in [5, 5.41) is 14.7. The Labute approximate surface area is 200 Å². The van der Waals surface area contributed by atoms with Crippen molar-refractivity contribution >= 4 is 18.0 Å². The van der Waals surface area contributed by atoms with E-state index in [1.54, 1.807) is 0 Å². The second-order valence-corrected chi connectivity index (χ2v) is 9.25. The van der Waals surface area contributed by atoms with Crippen LogP contribution in [-0.4, -0.2) is 41.8 Å². The van der Waals surface area contributed by atoms with Crippen LogP contribution in [0.3, 0.4) is 0 Å². The molecular formula is C27H34N2O5. The smallest absolute Gasteiger partial charge is 0.407 e. The number of nitrogens with one attached hydrogen (secondary N) is 2. The van der Waals surface area contributed by atoms with Crippen LogP contribution in [0.15, 0.2) is 48.5 Å². The Morgan fingerprint density at radius 3 is 2.09 bits per heavy atom. The lowest BCUT2D eigenvalue weighted by Gasteiger charge is -2.21. The third-order valence-electron chi connectivity index (χ3n) is 6.08. The van der Waals surface area contributed by atoms with E-state index in [0.717, 1.165) is 28.7 Å². The fourth-order valence-electron chi connectivity index (χ4n) is 4.55. The number of hydrogen-bond donors (Lipinski definition) is 3. The van der Waals surface area contributed by atoms with E-state index in [2.05, 4.69) is 34.9 Å². The highest BCUT2D eigenvalue weighted by Gasteiger charge is 2.29. The van der Waals surface area contributed by atoms with E-state index in [1.165, 1.54) is 0 Å². The molecule has 0 heterocycles. The molecule has 0 spiro atoms. The second-order valence-electron chi connectivity index (χ2n) is 9.25. The summed E-state index contributed by atoms with van der Waals surface area (Å²) in [6.45, 7) is 5.96. The molecule has 0 fully saturated rings. The Hall–Kier alpha value is -3.35. The quantitative estimate of drug-likeness (QED) is 0.445. The summed E-state index contributed by atoms with van der Waals surface area (Å²) in [5.41, 5.74) is 4.57. The highest BCUT2D eigenvalue weighted by atomic mass is 16.5. The number of benzene rings is 2. The topological polar surface area (TPSA) is 105 Å². The van der Waals surface area contributed by atoms with Gasteiger partial charge in [-0.3, -0.25) is 4.79 Å². The lowest BCUT2D eigenvalue weighted by molar-refractivity contribution is -0.142. The normalized spacial score (nSPS) is 14.1. The summed E-state index contributed by atoms with van der Waals surface area (Å²) in [5.74, 6) is -1.37. The molecule has 182 valence electrons. The number of carboxylic acid groups (broad SMARTS) is 1. The van der Waals surface area contributed by atoms with Crippen molar-refractivity contribution in [3.05, 3.63) is 59.7 Å². The maximum absolute atomic E-state index is 12.6. The molecule has 0 saturated heterocycles. The van der Waals surface area contributed by atoms with Crippen LogP contribution in [0.2, 0.25) is 0 Å². The van der Waals surface area contributed by atoms with E-state index in [-0.39, 0.29) is 24.9 Å². The van der Waals surface area contributed by atoms with Gasteiger partial charge in [-0.2, -0.15) is 0 Å². The first-order chi connectivity index (χ1) is 16.3. The maximum atomic E-state index is 12.6. The third kappa shape index (κ3) is 6.37. The molecule has 7 heteroatoms. The van der Waals surface area contributed by atoms with Crippen molar-refractivity contribution in [3.8, 4) is 11.1 Å². The van der Waals surface area contributed by atoms with Crippen molar-refractivity contribution in [2.24, 2.45) is 5.92 Å². The van der Waals surface area contributed by atoms with Gasteiger partial charge in [-0.25, -0.2) is 9.59 Å². The zero-order valence-electron chi connectivity index (χ0n) is 20.0. The molecule has 0 aliphatic heterocycles. The lowest BCUT2D eigenvalue weighted by atomic mass is 9.98. The fourth-order valence-corrected chi connectivity index (χ4v) is 4.55. The summed E-state index contributed by atoms with van der Waals surface area (Å²) in [6, 6.07) is 14.9. The molecule has 2 amide bonds. The third-order valence-corrected chi connectivity index (χ3v) is 6.08.